The summed E-state index contributed by atoms with van der Waals surface area (Å²) < 4.78 is 2.34. The molecule has 7 aromatic carbocycles. The van der Waals surface area contributed by atoms with E-state index in [1.54, 1.807) is 0 Å². The molecule has 45 heavy (non-hydrogen) atoms. The molecule has 1 aromatic heterocycles. The zero-order valence-electron chi connectivity index (χ0n) is 24.3. The minimum atomic E-state index is -0.351. The highest BCUT2D eigenvalue weighted by atomic mass is 35.5. The van der Waals surface area contributed by atoms with Crippen molar-refractivity contribution in [2.75, 3.05) is 0 Å². The number of hydrogen-bond acceptors (Lipinski definition) is 0. The molecule has 0 saturated carbocycles. The van der Waals surface area contributed by atoms with Crippen LogP contribution in [0.1, 0.15) is 22.3 Å². The summed E-state index contributed by atoms with van der Waals surface area (Å²) in [6.07, 6.45) is 0. The predicted molar refractivity (Wildman–Crippen MR) is 188 cm³/mol. The minimum absolute atomic E-state index is 0.351. The van der Waals surface area contributed by atoms with Crippen LogP contribution in [0.5, 0.6) is 0 Å². The van der Waals surface area contributed by atoms with Crippen molar-refractivity contribution in [3.8, 4) is 39.1 Å². The van der Waals surface area contributed by atoms with Crippen LogP contribution in [-0.2, 0) is 5.41 Å². The van der Waals surface area contributed by atoms with Crippen LogP contribution in [-0.4, -0.2) is 4.57 Å². The van der Waals surface area contributed by atoms with Crippen molar-refractivity contribution < 1.29 is 0 Å². The van der Waals surface area contributed by atoms with Gasteiger partial charge >= 0.3 is 0 Å². The first-order valence-electron chi connectivity index (χ1n) is 15.5. The fourth-order valence-electron chi connectivity index (χ4n) is 8.30. The Morgan fingerprint density at radius 2 is 0.889 bits per heavy atom. The quantitative estimate of drug-likeness (QED) is 0.188. The molecule has 0 N–H and O–H groups in total. The molecule has 0 radical (unpaired) electrons. The molecule has 0 saturated heterocycles. The molecule has 1 spiro atoms. The lowest BCUT2D eigenvalue weighted by molar-refractivity contribution is 0.794. The van der Waals surface area contributed by atoms with Crippen molar-refractivity contribution in [1.29, 1.82) is 0 Å². The molecule has 210 valence electrons. The molecule has 1 nitrogen and oxygen atoms in total. The summed E-state index contributed by atoms with van der Waals surface area (Å²) >= 11 is 6.58. The summed E-state index contributed by atoms with van der Waals surface area (Å²) in [6.45, 7) is 0. The van der Waals surface area contributed by atoms with Crippen LogP contribution in [0.4, 0.5) is 0 Å². The molecule has 0 amide bonds. The van der Waals surface area contributed by atoms with Crippen LogP contribution >= 0.6 is 11.6 Å². The molecule has 1 heterocycles. The van der Waals surface area contributed by atoms with Gasteiger partial charge in [-0.05, 0) is 104 Å². The third kappa shape index (κ3) is 3.23. The third-order valence-corrected chi connectivity index (χ3v) is 10.3. The first-order valence-corrected chi connectivity index (χ1v) is 15.8. The highest BCUT2D eigenvalue weighted by Gasteiger charge is 2.51. The van der Waals surface area contributed by atoms with E-state index in [-0.39, 0.29) is 5.41 Å². The second-order valence-corrected chi connectivity index (χ2v) is 12.6. The summed E-state index contributed by atoms with van der Waals surface area (Å²) in [6, 6.07) is 57.7. The summed E-state index contributed by atoms with van der Waals surface area (Å²) in [5.74, 6) is 0. The molecule has 0 fully saturated rings. The Morgan fingerprint density at radius 3 is 1.53 bits per heavy atom. The number of rotatable bonds is 2. The van der Waals surface area contributed by atoms with Gasteiger partial charge in [0, 0.05) is 21.5 Å². The van der Waals surface area contributed by atoms with Crippen LogP contribution in [0.15, 0.2) is 158 Å². The van der Waals surface area contributed by atoms with E-state index in [0.29, 0.717) is 0 Å². The molecule has 2 heteroatoms. The molecular weight excluding hydrogens is 566 g/mol. The number of hydrogen-bond donors (Lipinski definition) is 0. The average Bonchev–Trinajstić information content (AvgIpc) is 3.69. The van der Waals surface area contributed by atoms with Gasteiger partial charge in [-0.25, -0.2) is 0 Å². The Kier molecular flexibility index (Phi) is 5.04. The van der Waals surface area contributed by atoms with Gasteiger partial charge in [0.25, 0.3) is 0 Å². The third-order valence-electron chi connectivity index (χ3n) is 10.1. The zero-order valence-corrected chi connectivity index (χ0v) is 25.1. The second kappa shape index (κ2) is 9.08. The van der Waals surface area contributed by atoms with Crippen molar-refractivity contribution in [2.45, 2.75) is 5.41 Å². The minimum Gasteiger partial charge on any atom is -0.309 e. The van der Waals surface area contributed by atoms with E-state index in [2.05, 4.69) is 156 Å². The van der Waals surface area contributed by atoms with E-state index in [1.165, 1.54) is 66.5 Å². The maximum absolute atomic E-state index is 6.58. The highest BCUT2D eigenvalue weighted by Crippen LogP contribution is 2.63. The standard InChI is InChI=1S/C43H26ClN/c44-29-20-23-42-36(26-29)35-24-27(19-22-41(35)45(42)30-10-2-1-3-11-30)28-18-21-34-33-14-6-9-17-39(33)43(40(34)25-28)37-15-7-4-12-31(37)32-13-5-8-16-38(32)43/h1-26H. The zero-order chi connectivity index (χ0) is 29.7. The van der Waals surface area contributed by atoms with Crippen molar-refractivity contribution in [3.05, 3.63) is 185 Å². The van der Waals surface area contributed by atoms with Crippen molar-refractivity contribution >= 4 is 33.4 Å². The van der Waals surface area contributed by atoms with Crippen LogP contribution in [0.25, 0.3) is 60.9 Å². The smallest absolute Gasteiger partial charge is 0.0725 e. The molecule has 0 unspecified atom stereocenters. The highest BCUT2D eigenvalue weighted by molar-refractivity contribution is 6.32. The molecule has 2 aliphatic carbocycles. The SMILES string of the molecule is Clc1ccc2c(c1)c1cc(-c3ccc4c(c3)C3(c5ccccc5-c5ccccc53)c3ccccc3-4)ccc1n2-c1ccccc1. The Bertz CT molecular complexity index is 2440. The van der Waals surface area contributed by atoms with E-state index in [4.69, 9.17) is 11.6 Å². The summed E-state index contributed by atoms with van der Waals surface area (Å²) in [5.41, 5.74) is 16.3. The molecule has 0 bridgehead atoms. The van der Waals surface area contributed by atoms with Gasteiger partial charge in [0.15, 0.2) is 0 Å². The fourth-order valence-corrected chi connectivity index (χ4v) is 8.48. The second-order valence-electron chi connectivity index (χ2n) is 12.2. The van der Waals surface area contributed by atoms with Gasteiger partial charge in [-0.15, -0.1) is 0 Å². The van der Waals surface area contributed by atoms with Gasteiger partial charge in [-0.1, -0.05) is 121 Å². The van der Waals surface area contributed by atoms with Gasteiger partial charge in [0.05, 0.1) is 16.4 Å². The lowest BCUT2D eigenvalue weighted by Gasteiger charge is -2.30. The fraction of sp³-hybridized carbons (Fsp3) is 0.0233. The van der Waals surface area contributed by atoms with Crippen LogP contribution in [0.2, 0.25) is 5.02 Å². The van der Waals surface area contributed by atoms with Crippen LogP contribution < -0.4 is 0 Å². The van der Waals surface area contributed by atoms with Gasteiger partial charge in [0.2, 0.25) is 0 Å². The summed E-state index contributed by atoms with van der Waals surface area (Å²) in [7, 11) is 0. The van der Waals surface area contributed by atoms with Crippen LogP contribution in [0, 0.1) is 0 Å². The summed E-state index contributed by atoms with van der Waals surface area (Å²) in [4.78, 5) is 0. The van der Waals surface area contributed by atoms with Gasteiger partial charge in [0.1, 0.15) is 0 Å². The molecule has 0 aliphatic heterocycles. The Morgan fingerprint density at radius 1 is 0.400 bits per heavy atom. The number of halogens is 1. The molecule has 0 atom stereocenters. The topological polar surface area (TPSA) is 4.93 Å². The number of aromatic nitrogens is 1. The first kappa shape index (κ1) is 25.0. The monoisotopic (exact) mass is 591 g/mol. The number of para-hydroxylation sites is 1. The molecule has 10 rings (SSSR count). The maximum atomic E-state index is 6.58. The van der Waals surface area contributed by atoms with E-state index in [1.807, 2.05) is 6.07 Å². The van der Waals surface area contributed by atoms with E-state index < -0.39 is 0 Å². The molecular formula is C43H26ClN. The molecule has 2 aliphatic rings. The lowest BCUT2D eigenvalue weighted by atomic mass is 9.70. The van der Waals surface area contributed by atoms with Gasteiger partial charge in [-0.2, -0.15) is 0 Å². The average molecular weight is 592 g/mol. The largest absolute Gasteiger partial charge is 0.309 e. The first-order chi connectivity index (χ1) is 22.2. The number of nitrogens with zero attached hydrogens (tertiary/aromatic N) is 1. The molecule has 8 aromatic rings. The lowest BCUT2D eigenvalue weighted by Crippen LogP contribution is -2.25. The Labute approximate surface area is 266 Å². The van der Waals surface area contributed by atoms with Crippen molar-refractivity contribution in [2.24, 2.45) is 0 Å². The Hall–Kier alpha value is -5.37. The van der Waals surface area contributed by atoms with Crippen molar-refractivity contribution in [3.63, 3.8) is 0 Å². The summed E-state index contributed by atoms with van der Waals surface area (Å²) in [5, 5.41) is 3.10. The van der Waals surface area contributed by atoms with Gasteiger partial charge in [-0.3, -0.25) is 0 Å². The maximum Gasteiger partial charge on any atom is 0.0725 e. The van der Waals surface area contributed by atoms with Crippen molar-refractivity contribution in [1.82, 2.24) is 4.57 Å². The number of fused-ring (bicyclic) bond motifs is 13. The van der Waals surface area contributed by atoms with Crippen LogP contribution in [0.3, 0.4) is 0 Å². The van der Waals surface area contributed by atoms with E-state index in [0.717, 1.165) is 21.6 Å². The van der Waals surface area contributed by atoms with Gasteiger partial charge < -0.3 is 4.57 Å². The Balaban J connectivity index is 1.24. The predicted octanol–water partition coefficient (Wildman–Crippen LogP) is 11.4. The van der Waals surface area contributed by atoms with E-state index >= 15 is 0 Å². The van der Waals surface area contributed by atoms with E-state index in [9.17, 15) is 0 Å². The normalized spacial score (nSPS) is 13.6. The number of benzene rings is 7.